The number of benzene rings is 1. The van der Waals surface area contributed by atoms with Crippen LogP contribution in [0.15, 0.2) is 30.5 Å². The maximum absolute atomic E-state index is 13.2. The Morgan fingerprint density at radius 1 is 1.12 bits per heavy atom. The third-order valence-electron chi connectivity index (χ3n) is 9.05. The van der Waals surface area contributed by atoms with E-state index in [9.17, 15) is 14.4 Å². The summed E-state index contributed by atoms with van der Waals surface area (Å²) in [4.78, 5) is 53.3. The number of hydrogen-bond acceptors (Lipinski definition) is 8. The van der Waals surface area contributed by atoms with E-state index >= 15 is 0 Å². The van der Waals surface area contributed by atoms with Gasteiger partial charge in [-0.05, 0) is 69.8 Å². The lowest BCUT2D eigenvalue weighted by Crippen LogP contribution is -2.55. The molecule has 0 aliphatic carbocycles. The first-order valence-corrected chi connectivity index (χ1v) is 14.8. The van der Waals surface area contributed by atoms with Crippen molar-refractivity contribution in [2.75, 3.05) is 50.0 Å². The first kappa shape index (κ1) is 28.8. The number of nitrogens with one attached hydrogen (secondary N) is 2. The number of anilines is 3. The van der Waals surface area contributed by atoms with Crippen molar-refractivity contribution in [3.05, 3.63) is 41.7 Å². The molecule has 1 aromatic carbocycles. The van der Waals surface area contributed by atoms with Gasteiger partial charge in [-0.15, -0.1) is 0 Å². The molecule has 11 heteroatoms. The standard InChI is InChI=1S/C30H42N8O3/c1-4-6-24(39)30(12-14-32-15-13-30)21-8-10-22(11-9-21)34-28-26(27(31)40)33-19-25(35-28)37-16-5-7-23(20(37)2)38-18-17-36(3)29(38)41/h8-11,19-20,23,32H,4-7,12-18H2,1-3H3,(H2,31,40)(H,34,35)/t20-,23-/m1/s1. The van der Waals surface area contributed by atoms with Gasteiger partial charge in [-0.3, -0.25) is 9.59 Å². The summed E-state index contributed by atoms with van der Waals surface area (Å²) in [6.45, 7) is 8.01. The Morgan fingerprint density at radius 2 is 1.85 bits per heavy atom. The summed E-state index contributed by atoms with van der Waals surface area (Å²) >= 11 is 0. The number of likely N-dealkylation sites (N-methyl/N-ethyl adjacent to an activating group) is 1. The fraction of sp³-hybridized carbons (Fsp3) is 0.567. The van der Waals surface area contributed by atoms with Gasteiger partial charge in [0.25, 0.3) is 5.91 Å². The molecule has 11 nitrogen and oxygen atoms in total. The highest BCUT2D eigenvalue weighted by molar-refractivity contribution is 5.96. The highest BCUT2D eigenvalue weighted by Gasteiger charge is 2.41. The Labute approximate surface area is 241 Å². The second-order valence-electron chi connectivity index (χ2n) is 11.5. The van der Waals surface area contributed by atoms with Crippen molar-refractivity contribution >= 4 is 35.0 Å². The highest BCUT2D eigenvalue weighted by Crippen LogP contribution is 2.37. The van der Waals surface area contributed by atoms with Gasteiger partial charge in [0.05, 0.1) is 17.7 Å². The molecule has 3 saturated heterocycles. The third kappa shape index (κ3) is 5.59. The van der Waals surface area contributed by atoms with Crippen LogP contribution in [0, 0.1) is 0 Å². The second-order valence-corrected chi connectivity index (χ2v) is 11.5. The fourth-order valence-corrected chi connectivity index (χ4v) is 6.68. The van der Waals surface area contributed by atoms with Gasteiger partial charge in [0.2, 0.25) is 0 Å². The molecule has 3 aliphatic heterocycles. The molecule has 4 N–H and O–H groups in total. The molecule has 0 radical (unpaired) electrons. The molecule has 0 unspecified atom stereocenters. The zero-order valence-electron chi connectivity index (χ0n) is 24.4. The van der Waals surface area contributed by atoms with Crippen LogP contribution in [0.5, 0.6) is 0 Å². The molecule has 0 saturated carbocycles. The Kier molecular flexibility index (Phi) is 8.44. The number of amides is 3. The SMILES string of the molecule is CCCC(=O)C1(c2ccc(Nc3nc(N4CCC[C@@H](N5CCN(C)C5=O)[C@H]4C)cnc3C(N)=O)cc2)CCNCC1. The summed E-state index contributed by atoms with van der Waals surface area (Å²) in [5.74, 6) is 0.545. The number of nitrogens with two attached hydrogens (primary N) is 1. The molecular weight excluding hydrogens is 520 g/mol. The van der Waals surface area contributed by atoms with Crippen molar-refractivity contribution in [1.29, 1.82) is 0 Å². The van der Waals surface area contributed by atoms with E-state index in [0.717, 1.165) is 76.1 Å². The van der Waals surface area contributed by atoms with E-state index in [4.69, 9.17) is 10.7 Å². The van der Waals surface area contributed by atoms with Gasteiger partial charge in [-0.2, -0.15) is 0 Å². The minimum atomic E-state index is -0.669. The number of piperidine rings is 2. The van der Waals surface area contributed by atoms with E-state index in [1.807, 2.05) is 43.1 Å². The van der Waals surface area contributed by atoms with Gasteiger partial charge >= 0.3 is 6.03 Å². The smallest absolute Gasteiger partial charge is 0.320 e. The highest BCUT2D eigenvalue weighted by atomic mass is 16.2. The number of ketones is 1. The molecule has 2 atom stereocenters. The second kappa shape index (κ2) is 12.0. The van der Waals surface area contributed by atoms with Gasteiger partial charge in [0, 0.05) is 44.8 Å². The quantitative estimate of drug-likeness (QED) is 0.424. The average Bonchev–Trinajstić information content (AvgIpc) is 3.31. The number of carbonyl (C=O) groups excluding carboxylic acids is 3. The molecule has 0 spiro atoms. The van der Waals surface area contributed by atoms with Gasteiger partial charge in [-0.25, -0.2) is 14.8 Å². The largest absolute Gasteiger partial charge is 0.364 e. The molecule has 3 aliphatic rings. The van der Waals surface area contributed by atoms with Crippen LogP contribution in [0.3, 0.4) is 0 Å². The van der Waals surface area contributed by atoms with Gasteiger partial charge in [-0.1, -0.05) is 19.1 Å². The summed E-state index contributed by atoms with van der Waals surface area (Å²) in [6.07, 6.45) is 6.41. The van der Waals surface area contributed by atoms with Crippen LogP contribution in [0.2, 0.25) is 0 Å². The number of urea groups is 1. The summed E-state index contributed by atoms with van der Waals surface area (Å²) in [5.41, 5.74) is 7.01. The van der Waals surface area contributed by atoms with E-state index in [-0.39, 0.29) is 29.6 Å². The molecule has 4 heterocycles. The Balaban J connectivity index is 1.39. The summed E-state index contributed by atoms with van der Waals surface area (Å²) in [6, 6.07) is 8.02. The van der Waals surface area contributed by atoms with Gasteiger partial charge < -0.3 is 31.1 Å². The van der Waals surface area contributed by atoms with E-state index < -0.39 is 11.3 Å². The average molecular weight is 563 g/mol. The van der Waals surface area contributed by atoms with Gasteiger partial charge in [0.15, 0.2) is 11.5 Å². The predicted molar refractivity (Wildman–Crippen MR) is 159 cm³/mol. The van der Waals surface area contributed by atoms with Crippen molar-refractivity contribution in [2.45, 2.75) is 69.9 Å². The van der Waals surface area contributed by atoms with Crippen LogP contribution in [-0.4, -0.2) is 89.3 Å². The Morgan fingerprint density at radius 3 is 2.49 bits per heavy atom. The number of primary amides is 1. The summed E-state index contributed by atoms with van der Waals surface area (Å²) in [7, 11) is 1.83. The molecule has 41 heavy (non-hydrogen) atoms. The maximum Gasteiger partial charge on any atom is 0.320 e. The topological polar surface area (TPSA) is 137 Å². The number of rotatable bonds is 9. The lowest BCUT2D eigenvalue weighted by atomic mass is 9.69. The predicted octanol–water partition coefficient (Wildman–Crippen LogP) is 3.03. The molecule has 220 valence electrons. The van der Waals surface area contributed by atoms with Crippen molar-refractivity contribution in [2.24, 2.45) is 5.73 Å². The Bertz CT molecular complexity index is 1280. The van der Waals surface area contributed by atoms with E-state index in [1.165, 1.54) is 0 Å². The molecule has 2 aromatic rings. The monoisotopic (exact) mass is 562 g/mol. The third-order valence-corrected chi connectivity index (χ3v) is 9.05. The number of nitrogens with zero attached hydrogens (tertiary/aromatic N) is 5. The zero-order valence-corrected chi connectivity index (χ0v) is 24.4. The molecule has 3 amide bonds. The van der Waals surface area contributed by atoms with E-state index in [1.54, 1.807) is 11.1 Å². The summed E-state index contributed by atoms with van der Waals surface area (Å²) < 4.78 is 0. The molecular formula is C30H42N8O3. The minimum absolute atomic E-state index is 0.0295. The Hall–Kier alpha value is -3.73. The first-order chi connectivity index (χ1) is 19.7. The fourth-order valence-electron chi connectivity index (χ4n) is 6.68. The normalized spacial score (nSPS) is 22.6. The van der Waals surface area contributed by atoms with Crippen LogP contribution in [-0.2, 0) is 10.2 Å². The lowest BCUT2D eigenvalue weighted by Gasteiger charge is -2.43. The number of Topliss-reactive ketones (excluding diaryl/α,β-unsaturated/α-hetero) is 1. The number of carbonyl (C=O) groups is 3. The van der Waals surface area contributed by atoms with Crippen molar-refractivity contribution in [1.82, 2.24) is 25.1 Å². The van der Waals surface area contributed by atoms with Crippen molar-refractivity contribution < 1.29 is 14.4 Å². The van der Waals surface area contributed by atoms with Crippen LogP contribution in [0.4, 0.5) is 22.1 Å². The first-order valence-electron chi connectivity index (χ1n) is 14.8. The van der Waals surface area contributed by atoms with E-state index in [2.05, 4.69) is 27.4 Å². The van der Waals surface area contributed by atoms with Gasteiger partial charge in [0.1, 0.15) is 11.6 Å². The summed E-state index contributed by atoms with van der Waals surface area (Å²) in [5, 5.41) is 6.63. The molecule has 5 rings (SSSR count). The lowest BCUT2D eigenvalue weighted by molar-refractivity contribution is -0.125. The molecule has 0 bridgehead atoms. The van der Waals surface area contributed by atoms with E-state index in [0.29, 0.717) is 18.0 Å². The number of aromatic nitrogens is 2. The van der Waals surface area contributed by atoms with Crippen LogP contribution >= 0.6 is 0 Å². The van der Waals surface area contributed by atoms with Crippen molar-refractivity contribution in [3.8, 4) is 0 Å². The van der Waals surface area contributed by atoms with Crippen LogP contribution in [0.1, 0.15) is 68.4 Å². The molecule has 1 aromatic heterocycles. The zero-order chi connectivity index (χ0) is 29.1. The van der Waals surface area contributed by atoms with Crippen LogP contribution < -0.4 is 21.3 Å². The molecule has 3 fully saturated rings. The minimum Gasteiger partial charge on any atom is -0.364 e. The van der Waals surface area contributed by atoms with Crippen molar-refractivity contribution in [3.63, 3.8) is 0 Å². The maximum atomic E-state index is 13.2. The van der Waals surface area contributed by atoms with Crippen LogP contribution in [0.25, 0.3) is 0 Å². The number of hydrogen-bond donors (Lipinski definition) is 3.